The molecule has 1 aromatic heterocycles. The highest BCUT2D eigenvalue weighted by Gasteiger charge is 2.28. The molecule has 1 heterocycles. The zero-order valence-electron chi connectivity index (χ0n) is 10.5. The summed E-state index contributed by atoms with van der Waals surface area (Å²) in [5, 5.41) is 17.3. The van der Waals surface area contributed by atoms with Crippen molar-refractivity contribution in [3.05, 3.63) is 11.7 Å². The summed E-state index contributed by atoms with van der Waals surface area (Å²) in [6.07, 6.45) is 0.415. The second kappa shape index (κ2) is 5.48. The van der Waals surface area contributed by atoms with Gasteiger partial charge in [0.1, 0.15) is 5.54 Å². The van der Waals surface area contributed by atoms with Crippen molar-refractivity contribution in [2.45, 2.75) is 32.7 Å². The molecule has 0 spiro atoms. The Hall–Kier alpha value is -2.12. The number of carbonyl (C=O) groups excluding carboxylic acids is 1. The molecule has 0 atom stereocenters. The highest BCUT2D eigenvalue weighted by Crippen LogP contribution is 2.01. The van der Waals surface area contributed by atoms with Gasteiger partial charge in [0.05, 0.1) is 0 Å². The van der Waals surface area contributed by atoms with Crippen LogP contribution in [0.3, 0.4) is 0 Å². The lowest BCUT2D eigenvalue weighted by molar-refractivity contribution is -0.142. The minimum absolute atomic E-state index is 0.292. The first-order valence-corrected chi connectivity index (χ1v) is 5.40. The summed E-state index contributed by atoms with van der Waals surface area (Å²) in [6, 6.07) is -0.553. The van der Waals surface area contributed by atoms with Crippen LogP contribution in [0.2, 0.25) is 0 Å². The maximum absolute atomic E-state index is 11.4. The van der Waals surface area contributed by atoms with Crippen molar-refractivity contribution in [2.75, 3.05) is 6.54 Å². The van der Waals surface area contributed by atoms with Crippen LogP contribution in [0.25, 0.3) is 0 Å². The van der Waals surface area contributed by atoms with E-state index in [9.17, 15) is 9.59 Å². The van der Waals surface area contributed by atoms with Crippen molar-refractivity contribution in [3.63, 3.8) is 0 Å². The standard InChI is InChI=1S/C10H16N4O4/c1-6-12-7(14-18-6)4-5-11-9(17)13-10(2,3)8(15)16/h4-5H2,1-3H3,(H,15,16)(H2,11,13,17). The lowest BCUT2D eigenvalue weighted by Gasteiger charge is -2.20. The van der Waals surface area contributed by atoms with Gasteiger partial charge in [0.25, 0.3) is 0 Å². The fourth-order valence-electron chi connectivity index (χ4n) is 1.11. The van der Waals surface area contributed by atoms with E-state index in [1.807, 2.05) is 0 Å². The number of hydrogen-bond acceptors (Lipinski definition) is 5. The number of carboxylic acids is 1. The van der Waals surface area contributed by atoms with Gasteiger partial charge in [-0.25, -0.2) is 9.59 Å². The van der Waals surface area contributed by atoms with E-state index < -0.39 is 17.5 Å². The predicted molar refractivity (Wildman–Crippen MR) is 61.0 cm³/mol. The fourth-order valence-corrected chi connectivity index (χ4v) is 1.11. The van der Waals surface area contributed by atoms with Crippen LogP contribution in [0.4, 0.5) is 4.79 Å². The minimum atomic E-state index is -1.31. The summed E-state index contributed by atoms with van der Waals surface area (Å²) in [6.45, 7) is 4.77. The lowest BCUT2D eigenvalue weighted by Crippen LogP contribution is -2.53. The molecule has 0 aliphatic heterocycles. The smallest absolute Gasteiger partial charge is 0.328 e. The van der Waals surface area contributed by atoms with Gasteiger partial charge >= 0.3 is 12.0 Å². The van der Waals surface area contributed by atoms with Crippen LogP contribution in [-0.2, 0) is 11.2 Å². The van der Waals surface area contributed by atoms with Gasteiger partial charge in [0.2, 0.25) is 5.89 Å². The van der Waals surface area contributed by atoms with Crippen LogP contribution in [-0.4, -0.2) is 39.3 Å². The van der Waals surface area contributed by atoms with Gasteiger partial charge in [-0.1, -0.05) is 5.16 Å². The number of carboxylic acid groups (broad SMARTS) is 1. The molecule has 0 aliphatic rings. The Labute approximate surface area is 104 Å². The van der Waals surface area contributed by atoms with Gasteiger partial charge in [-0.3, -0.25) is 0 Å². The van der Waals surface area contributed by atoms with Crippen molar-refractivity contribution in [1.29, 1.82) is 0 Å². The Morgan fingerprint density at radius 1 is 1.44 bits per heavy atom. The van der Waals surface area contributed by atoms with E-state index in [0.29, 0.717) is 24.7 Å². The number of rotatable bonds is 5. The molecule has 1 rings (SSSR count). The summed E-state index contributed by atoms with van der Waals surface area (Å²) in [5.74, 6) is -0.154. The maximum atomic E-state index is 11.4. The van der Waals surface area contributed by atoms with Crippen molar-refractivity contribution in [2.24, 2.45) is 0 Å². The van der Waals surface area contributed by atoms with Gasteiger partial charge in [-0.15, -0.1) is 0 Å². The summed E-state index contributed by atoms with van der Waals surface area (Å²) in [7, 11) is 0. The van der Waals surface area contributed by atoms with Gasteiger partial charge in [-0.2, -0.15) is 4.98 Å². The molecule has 0 aromatic carbocycles. The van der Waals surface area contributed by atoms with Gasteiger partial charge in [0, 0.05) is 19.9 Å². The van der Waals surface area contributed by atoms with E-state index in [0.717, 1.165) is 0 Å². The highest BCUT2D eigenvalue weighted by molar-refractivity contribution is 5.85. The number of amides is 2. The zero-order valence-corrected chi connectivity index (χ0v) is 10.5. The topological polar surface area (TPSA) is 117 Å². The lowest BCUT2D eigenvalue weighted by atomic mass is 10.1. The van der Waals surface area contributed by atoms with E-state index in [4.69, 9.17) is 9.63 Å². The summed E-state index contributed by atoms with van der Waals surface area (Å²) in [5.41, 5.74) is -1.31. The molecule has 0 fully saturated rings. The summed E-state index contributed by atoms with van der Waals surface area (Å²) >= 11 is 0. The number of nitrogens with one attached hydrogen (secondary N) is 2. The molecular weight excluding hydrogens is 240 g/mol. The average Bonchev–Trinajstić information content (AvgIpc) is 2.63. The molecule has 0 saturated heterocycles. The number of aromatic nitrogens is 2. The van der Waals surface area contributed by atoms with Gasteiger partial charge < -0.3 is 20.3 Å². The molecular formula is C10H16N4O4. The molecule has 18 heavy (non-hydrogen) atoms. The van der Waals surface area contributed by atoms with Crippen LogP contribution >= 0.6 is 0 Å². The molecule has 1 aromatic rings. The van der Waals surface area contributed by atoms with Crippen LogP contribution in [0.1, 0.15) is 25.6 Å². The third-order valence-corrected chi connectivity index (χ3v) is 2.16. The third-order valence-electron chi connectivity index (χ3n) is 2.16. The van der Waals surface area contributed by atoms with E-state index in [2.05, 4.69) is 20.8 Å². The highest BCUT2D eigenvalue weighted by atomic mass is 16.5. The van der Waals surface area contributed by atoms with Crippen molar-refractivity contribution in [1.82, 2.24) is 20.8 Å². The summed E-state index contributed by atoms with van der Waals surface area (Å²) < 4.78 is 4.77. The van der Waals surface area contributed by atoms with Crippen molar-refractivity contribution >= 4 is 12.0 Å². The fraction of sp³-hybridized carbons (Fsp3) is 0.600. The van der Waals surface area contributed by atoms with Crippen molar-refractivity contribution < 1.29 is 19.2 Å². The predicted octanol–water partition coefficient (Wildman–Crippen LogP) is 0.0829. The van der Waals surface area contributed by atoms with E-state index in [1.54, 1.807) is 6.92 Å². The number of aryl methyl sites for hydroxylation is 1. The van der Waals surface area contributed by atoms with Crippen molar-refractivity contribution in [3.8, 4) is 0 Å². The summed E-state index contributed by atoms with van der Waals surface area (Å²) in [4.78, 5) is 26.2. The molecule has 2 amide bonds. The van der Waals surface area contributed by atoms with E-state index in [1.165, 1.54) is 13.8 Å². The first-order valence-electron chi connectivity index (χ1n) is 5.40. The molecule has 0 aliphatic carbocycles. The van der Waals surface area contributed by atoms with Crippen LogP contribution in [0.5, 0.6) is 0 Å². The van der Waals surface area contributed by atoms with Gasteiger partial charge in [0.15, 0.2) is 5.82 Å². The van der Waals surface area contributed by atoms with E-state index >= 15 is 0 Å². The number of aliphatic carboxylic acids is 1. The largest absolute Gasteiger partial charge is 0.480 e. The first-order chi connectivity index (χ1) is 8.31. The molecule has 0 unspecified atom stereocenters. The van der Waals surface area contributed by atoms with E-state index in [-0.39, 0.29) is 0 Å². The molecule has 3 N–H and O–H groups in total. The number of urea groups is 1. The molecule has 0 radical (unpaired) electrons. The van der Waals surface area contributed by atoms with Crippen LogP contribution in [0, 0.1) is 6.92 Å². The molecule has 0 saturated carbocycles. The first kappa shape index (κ1) is 13.9. The maximum Gasteiger partial charge on any atom is 0.328 e. The Bertz CT molecular complexity index is 441. The van der Waals surface area contributed by atoms with Crippen LogP contribution < -0.4 is 10.6 Å². The van der Waals surface area contributed by atoms with Gasteiger partial charge in [-0.05, 0) is 13.8 Å². The minimum Gasteiger partial charge on any atom is -0.480 e. The van der Waals surface area contributed by atoms with Crippen LogP contribution in [0.15, 0.2) is 4.52 Å². The number of hydrogen-bond donors (Lipinski definition) is 3. The Kier molecular flexibility index (Phi) is 4.24. The molecule has 8 nitrogen and oxygen atoms in total. The SMILES string of the molecule is Cc1nc(CCNC(=O)NC(C)(C)C(=O)O)no1. The second-order valence-electron chi connectivity index (χ2n) is 4.29. The number of carbonyl (C=O) groups is 2. The normalized spacial score (nSPS) is 11.1. The third kappa shape index (κ3) is 4.04. The molecule has 100 valence electrons. The molecule has 0 bridgehead atoms. The molecule has 8 heteroatoms. The number of nitrogens with zero attached hydrogens (tertiary/aromatic N) is 2. The Morgan fingerprint density at radius 2 is 2.11 bits per heavy atom. The Balaban J connectivity index is 2.32. The Morgan fingerprint density at radius 3 is 2.61 bits per heavy atom. The monoisotopic (exact) mass is 256 g/mol. The zero-order chi connectivity index (χ0) is 13.8. The second-order valence-corrected chi connectivity index (χ2v) is 4.29. The average molecular weight is 256 g/mol. The quantitative estimate of drug-likeness (QED) is 0.687.